The maximum absolute atomic E-state index is 11.7. The average molecular weight is 285 g/mol. The standard InChI is InChI=1S/C12H17BrN2O/c1-15(2)8-7-14-12(16)11-5-3-10(9-13)4-6-11/h3-6H,7-9H2,1-2H3,(H,14,16). The first kappa shape index (κ1) is 13.2. The summed E-state index contributed by atoms with van der Waals surface area (Å²) in [6.45, 7) is 1.53. The zero-order chi connectivity index (χ0) is 12.0. The van der Waals surface area contributed by atoms with E-state index in [1.54, 1.807) is 0 Å². The number of nitrogens with zero attached hydrogens (tertiary/aromatic N) is 1. The van der Waals surface area contributed by atoms with Crippen LogP contribution < -0.4 is 5.32 Å². The minimum Gasteiger partial charge on any atom is -0.351 e. The van der Waals surface area contributed by atoms with Gasteiger partial charge < -0.3 is 10.2 Å². The van der Waals surface area contributed by atoms with E-state index in [1.165, 1.54) is 5.56 Å². The highest BCUT2D eigenvalue weighted by Crippen LogP contribution is 2.07. The fourth-order valence-electron chi connectivity index (χ4n) is 1.24. The maximum Gasteiger partial charge on any atom is 0.251 e. The lowest BCUT2D eigenvalue weighted by Gasteiger charge is -2.10. The van der Waals surface area contributed by atoms with Gasteiger partial charge in [0.25, 0.3) is 5.91 Å². The minimum atomic E-state index is -0.0111. The monoisotopic (exact) mass is 284 g/mol. The molecule has 0 aliphatic heterocycles. The van der Waals surface area contributed by atoms with Crippen LogP contribution in [0.15, 0.2) is 24.3 Å². The van der Waals surface area contributed by atoms with Crippen LogP contribution in [0.4, 0.5) is 0 Å². The third-order valence-electron chi connectivity index (χ3n) is 2.22. The molecule has 0 unspecified atom stereocenters. The van der Waals surface area contributed by atoms with Crippen molar-refractivity contribution in [1.29, 1.82) is 0 Å². The van der Waals surface area contributed by atoms with E-state index in [0.29, 0.717) is 12.1 Å². The molecule has 0 heterocycles. The predicted molar refractivity (Wildman–Crippen MR) is 70.0 cm³/mol. The first-order valence-corrected chi connectivity index (χ1v) is 6.33. The zero-order valence-electron chi connectivity index (χ0n) is 9.66. The van der Waals surface area contributed by atoms with Gasteiger partial charge >= 0.3 is 0 Å². The van der Waals surface area contributed by atoms with Crippen LogP contribution in [-0.2, 0) is 5.33 Å². The number of benzene rings is 1. The Morgan fingerprint density at radius 3 is 2.44 bits per heavy atom. The van der Waals surface area contributed by atoms with Crippen molar-refractivity contribution in [3.63, 3.8) is 0 Å². The van der Waals surface area contributed by atoms with Gasteiger partial charge in [-0.1, -0.05) is 28.1 Å². The molecule has 0 fully saturated rings. The van der Waals surface area contributed by atoms with Crippen molar-refractivity contribution in [1.82, 2.24) is 10.2 Å². The summed E-state index contributed by atoms with van der Waals surface area (Å²) in [5.74, 6) is -0.0111. The number of hydrogen-bond acceptors (Lipinski definition) is 2. The van der Waals surface area contributed by atoms with E-state index < -0.39 is 0 Å². The largest absolute Gasteiger partial charge is 0.351 e. The Morgan fingerprint density at radius 1 is 1.31 bits per heavy atom. The smallest absolute Gasteiger partial charge is 0.251 e. The first-order chi connectivity index (χ1) is 7.63. The number of alkyl halides is 1. The van der Waals surface area contributed by atoms with Crippen molar-refractivity contribution in [2.24, 2.45) is 0 Å². The molecular formula is C12H17BrN2O. The molecule has 0 saturated heterocycles. The number of likely N-dealkylation sites (N-methyl/N-ethyl adjacent to an activating group) is 1. The van der Waals surface area contributed by atoms with Gasteiger partial charge in [0, 0.05) is 24.0 Å². The lowest BCUT2D eigenvalue weighted by atomic mass is 10.1. The SMILES string of the molecule is CN(C)CCNC(=O)c1ccc(CBr)cc1. The molecule has 3 nitrogen and oxygen atoms in total. The molecule has 0 aliphatic carbocycles. The summed E-state index contributed by atoms with van der Waals surface area (Å²) in [7, 11) is 3.97. The van der Waals surface area contributed by atoms with Crippen LogP contribution in [0.1, 0.15) is 15.9 Å². The molecule has 1 N–H and O–H groups in total. The molecule has 1 aromatic carbocycles. The highest BCUT2D eigenvalue weighted by atomic mass is 79.9. The molecule has 16 heavy (non-hydrogen) atoms. The van der Waals surface area contributed by atoms with Gasteiger partial charge in [-0.05, 0) is 31.8 Å². The molecule has 1 rings (SSSR count). The Bertz CT molecular complexity index is 335. The first-order valence-electron chi connectivity index (χ1n) is 5.21. The molecule has 0 atom stereocenters. The Hall–Kier alpha value is -0.870. The Balaban J connectivity index is 2.46. The summed E-state index contributed by atoms with van der Waals surface area (Å²) in [6, 6.07) is 7.61. The van der Waals surface area contributed by atoms with Crippen molar-refractivity contribution < 1.29 is 4.79 Å². The fourth-order valence-corrected chi connectivity index (χ4v) is 1.61. The Labute approximate surface area is 105 Å². The summed E-state index contributed by atoms with van der Waals surface area (Å²) in [6.07, 6.45) is 0. The number of nitrogens with one attached hydrogen (secondary N) is 1. The molecular weight excluding hydrogens is 268 g/mol. The highest BCUT2D eigenvalue weighted by molar-refractivity contribution is 9.08. The molecule has 0 bridgehead atoms. The van der Waals surface area contributed by atoms with Gasteiger partial charge in [0.05, 0.1) is 0 Å². The predicted octanol–water partition coefficient (Wildman–Crippen LogP) is 1.87. The van der Waals surface area contributed by atoms with E-state index in [4.69, 9.17) is 0 Å². The van der Waals surface area contributed by atoms with Crippen LogP contribution in [0, 0.1) is 0 Å². The van der Waals surface area contributed by atoms with E-state index in [1.807, 2.05) is 43.3 Å². The van der Waals surface area contributed by atoms with Crippen LogP contribution in [-0.4, -0.2) is 38.0 Å². The summed E-state index contributed by atoms with van der Waals surface area (Å²) in [5, 5.41) is 3.69. The van der Waals surface area contributed by atoms with Gasteiger partial charge in [0.1, 0.15) is 0 Å². The molecule has 0 saturated carbocycles. The van der Waals surface area contributed by atoms with E-state index >= 15 is 0 Å². The molecule has 1 amide bonds. The third-order valence-corrected chi connectivity index (χ3v) is 2.86. The Morgan fingerprint density at radius 2 is 1.94 bits per heavy atom. The van der Waals surface area contributed by atoms with E-state index in [9.17, 15) is 4.79 Å². The van der Waals surface area contributed by atoms with E-state index in [-0.39, 0.29) is 5.91 Å². The van der Waals surface area contributed by atoms with Crippen LogP contribution >= 0.6 is 15.9 Å². The van der Waals surface area contributed by atoms with Gasteiger partial charge in [-0.15, -0.1) is 0 Å². The molecule has 1 aromatic rings. The van der Waals surface area contributed by atoms with Crippen molar-refractivity contribution in [3.05, 3.63) is 35.4 Å². The van der Waals surface area contributed by atoms with Gasteiger partial charge in [-0.25, -0.2) is 0 Å². The highest BCUT2D eigenvalue weighted by Gasteiger charge is 2.04. The normalized spacial score (nSPS) is 10.5. The number of carbonyl (C=O) groups is 1. The Kier molecular flexibility index (Phi) is 5.49. The molecule has 0 aromatic heterocycles. The van der Waals surface area contributed by atoms with Crippen LogP contribution in [0.5, 0.6) is 0 Å². The zero-order valence-corrected chi connectivity index (χ0v) is 11.3. The van der Waals surface area contributed by atoms with Gasteiger partial charge in [-0.2, -0.15) is 0 Å². The third kappa shape index (κ3) is 4.33. The summed E-state index contributed by atoms with van der Waals surface area (Å²) in [5.41, 5.74) is 1.88. The molecule has 0 radical (unpaired) electrons. The number of carbonyl (C=O) groups excluding carboxylic acids is 1. The minimum absolute atomic E-state index is 0.0111. The van der Waals surface area contributed by atoms with Gasteiger partial charge in [0.2, 0.25) is 0 Å². The fraction of sp³-hybridized carbons (Fsp3) is 0.417. The second-order valence-electron chi connectivity index (χ2n) is 3.89. The number of halogens is 1. The number of hydrogen-bond donors (Lipinski definition) is 1. The average Bonchev–Trinajstić information content (AvgIpc) is 2.28. The number of rotatable bonds is 5. The lowest BCUT2D eigenvalue weighted by molar-refractivity contribution is 0.0951. The molecule has 0 spiro atoms. The second kappa shape index (κ2) is 6.66. The second-order valence-corrected chi connectivity index (χ2v) is 4.45. The van der Waals surface area contributed by atoms with Gasteiger partial charge in [-0.3, -0.25) is 4.79 Å². The summed E-state index contributed by atoms with van der Waals surface area (Å²) < 4.78 is 0. The number of amides is 1. The van der Waals surface area contributed by atoms with Crippen molar-refractivity contribution in [2.75, 3.05) is 27.2 Å². The summed E-state index contributed by atoms with van der Waals surface area (Å²) >= 11 is 3.37. The van der Waals surface area contributed by atoms with Crippen LogP contribution in [0.3, 0.4) is 0 Å². The summed E-state index contributed by atoms with van der Waals surface area (Å²) in [4.78, 5) is 13.7. The van der Waals surface area contributed by atoms with Crippen molar-refractivity contribution in [2.45, 2.75) is 5.33 Å². The van der Waals surface area contributed by atoms with Crippen LogP contribution in [0.2, 0.25) is 0 Å². The quantitative estimate of drug-likeness (QED) is 0.838. The van der Waals surface area contributed by atoms with Crippen molar-refractivity contribution in [3.8, 4) is 0 Å². The maximum atomic E-state index is 11.7. The van der Waals surface area contributed by atoms with Gasteiger partial charge in [0.15, 0.2) is 0 Å². The van der Waals surface area contributed by atoms with Crippen LogP contribution in [0.25, 0.3) is 0 Å². The topological polar surface area (TPSA) is 32.3 Å². The molecule has 4 heteroatoms. The lowest BCUT2D eigenvalue weighted by Crippen LogP contribution is -2.31. The van der Waals surface area contributed by atoms with Crippen molar-refractivity contribution >= 4 is 21.8 Å². The van der Waals surface area contributed by atoms with E-state index in [0.717, 1.165) is 11.9 Å². The molecule has 88 valence electrons. The molecule has 0 aliphatic rings. The van der Waals surface area contributed by atoms with E-state index in [2.05, 4.69) is 21.2 Å².